The van der Waals surface area contributed by atoms with Gasteiger partial charge in [-0.15, -0.1) is 0 Å². The van der Waals surface area contributed by atoms with E-state index in [9.17, 15) is 10.2 Å². The Morgan fingerprint density at radius 3 is 2.83 bits per heavy atom. The van der Waals surface area contributed by atoms with Crippen LogP contribution in [0, 0.1) is 23.2 Å². The van der Waals surface area contributed by atoms with Crippen LogP contribution in [0.3, 0.4) is 0 Å². The van der Waals surface area contributed by atoms with Crippen LogP contribution in [0.15, 0.2) is 18.2 Å². The number of ether oxygens (including phenoxy) is 1. The van der Waals surface area contributed by atoms with Gasteiger partial charge < -0.3 is 14.9 Å². The maximum Gasteiger partial charge on any atom is 0.119 e. The van der Waals surface area contributed by atoms with E-state index in [1.165, 1.54) is 11.1 Å². The van der Waals surface area contributed by atoms with Crippen molar-refractivity contribution in [3.8, 4) is 5.75 Å². The average Bonchev–Trinajstić information content (AvgIpc) is 2.89. The van der Waals surface area contributed by atoms with Crippen LogP contribution in [-0.4, -0.2) is 30.0 Å². The van der Waals surface area contributed by atoms with Crippen molar-refractivity contribution >= 4 is 0 Å². The average molecular weight is 330 g/mol. The molecule has 0 radical (unpaired) electrons. The fourth-order valence-corrected chi connectivity index (χ4v) is 6.31. The maximum atomic E-state index is 10.6. The predicted molar refractivity (Wildman–Crippen MR) is 94.2 cm³/mol. The third kappa shape index (κ3) is 2.32. The molecule has 4 rings (SSSR count). The first-order valence-electron chi connectivity index (χ1n) is 9.54. The summed E-state index contributed by atoms with van der Waals surface area (Å²) in [7, 11) is 1.73. The molecule has 0 amide bonds. The Morgan fingerprint density at radius 2 is 2.08 bits per heavy atom. The minimum Gasteiger partial charge on any atom is -0.497 e. The first kappa shape index (κ1) is 16.4. The number of aliphatic hydroxyl groups excluding tert-OH is 2. The molecule has 0 bridgehead atoms. The topological polar surface area (TPSA) is 49.7 Å². The second kappa shape index (κ2) is 6.03. The third-order valence-electron chi connectivity index (χ3n) is 7.56. The van der Waals surface area contributed by atoms with E-state index >= 15 is 0 Å². The monoisotopic (exact) mass is 330 g/mol. The third-order valence-corrected chi connectivity index (χ3v) is 7.56. The largest absolute Gasteiger partial charge is 0.497 e. The molecule has 0 saturated heterocycles. The molecule has 0 aromatic heterocycles. The fraction of sp³-hybridized carbons (Fsp3) is 0.714. The molecule has 3 nitrogen and oxygen atoms in total. The first-order valence-corrected chi connectivity index (χ1v) is 9.54. The second-order valence-corrected chi connectivity index (χ2v) is 8.47. The molecular formula is C21H30O3. The molecule has 24 heavy (non-hydrogen) atoms. The molecule has 3 aliphatic carbocycles. The van der Waals surface area contributed by atoms with Gasteiger partial charge in [0.15, 0.2) is 0 Å². The Morgan fingerprint density at radius 1 is 1.25 bits per heavy atom. The van der Waals surface area contributed by atoms with E-state index in [2.05, 4.69) is 25.1 Å². The minimum atomic E-state index is -0.143. The highest BCUT2D eigenvalue weighted by Crippen LogP contribution is 2.62. The quantitative estimate of drug-likeness (QED) is 0.891. The van der Waals surface area contributed by atoms with Gasteiger partial charge in [-0.1, -0.05) is 13.0 Å². The van der Waals surface area contributed by atoms with Gasteiger partial charge in [0.1, 0.15) is 5.75 Å². The molecule has 1 aromatic carbocycles. The first-order chi connectivity index (χ1) is 11.6. The van der Waals surface area contributed by atoms with Gasteiger partial charge in [-0.2, -0.15) is 0 Å². The summed E-state index contributed by atoms with van der Waals surface area (Å²) in [5.41, 5.74) is 2.99. The summed E-state index contributed by atoms with van der Waals surface area (Å²) in [4.78, 5) is 0. The van der Waals surface area contributed by atoms with Crippen molar-refractivity contribution in [2.45, 2.75) is 57.5 Å². The zero-order valence-corrected chi connectivity index (χ0v) is 14.9. The van der Waals surface area contributed by atoms with Crippen LogP contribution in [-0.2, 0) is 6.42 Å². The lowest BCUT2D eigenvalue weighted by Gasteiger charge is -2.53. The highest BCUT2D eigenvalue weighted by molar-refractivity contribution is 5.41. The molecule has 1 aromatic rings. The molecule has 2 saturated carbocycles. The van der Waals surface area contributed by atoms with Crippen molar-refractivity contribution in [1.29, 1.82) is 0 Å². The highest BCUT2D eigenvalue weighted by atomic mass is 16.5. The lowest BCUT2D eigenvalue weighted by Crippen LogP contribution is -2.47. The second-order valence-electron chi connectivity index (χ2n) is 8.47. The number of fused-ring (bicyclic) bond motifs is 5. The van der Waals surface area contributed by atoms with Gasteiger partial charge in [-0.25, -0.2) is 0 Å². The molecule has 4 unspecified atom stereocenters. The normalized spacial score (nSPS) is 40.6. The standard InChI is InChI=1S/C21H30O3/c1-21-9-7-17-16-4-3-15(24-2)12-14(16)11-13(8-10-22)20(17)18(21)5-6-19(21)23/h3-4,12-13,17-20,22-23H,5-11H2,1-2H3/t13-,17?,18?,19?,20?,21+/m1/s1. The van der Waals surface area contributed by atoms with Crippen LogP contribution in [0.4, 0.5) is 0 Å². The van der Waals surface area contributed by atoms with E-state index in [1.54, 1.807) is 7.11 Å². The van der Waals surface area contributed by atoms with Crippen LogP contribution in [0.2, 0.25) is 0 Å². The van der Waals surface area contributed by atoms with Crippen LogP contribution in [0.1, 0.15) is 56.1 Å². The van der Waals surface area contributed by atoms with Crippen LogP contribution >= 0.6 is 0 Å². The van der Waals surface area contributed by atoms with Gasteiger partial charge in [0.05, 0.1) is 13.2 Å². The van der Waals surface area contributed by atoms with Crippen molar-refractivity contribution in [2.75, 3.05) is 13.7 Å². The van der Waals surface area contributed by atoms with Crippen LogP contribution in [0.5, 0.6) is 5.75 Å². The maximum absolute atomic E-state index is 10.6. The van der Waals surface area contributed by atoms with Crippen LogP contribution in [0.25, 0.3) is 0 Å². The predicted octanol–water partition coefficient (Wildman–Crippen LogP) is 3.52. The summed E-state index contributed by atoms with van der Waals surface area (Å²) in [6.07, 6.45) is 6.15. The summed E-state index contributed by atoms with van der Waals surface area (Å²) in [6, 6.07) is 6.57. The Labute approximate surface area is 145 Å². The number of benzene rings is 1. The number of rotatable bonds is 3. The van der Waals surface area contributed by atoms with E-state index in [0.29, 0.717) is 23.7 Å². The van der Waals surface area contributed by atoms with E-state index in [0.717, 1.165) is 44.3 Å². The summed E-state index contributed by atoms with van der Waals surface area (Å²) >= 11 is 0. The Balaban J connectivity index is 1.74. The van der Waals surface area contributed by atoms with Gasteiger partial charge in [0.25, 0.3) is 0 Å². The van der Waals surface area contributed by atoms with Gasteiger partial charge in [0, 0.05) is 6.61 Å². The number of aliphatic hydroxyl groups is 2. The molecular weight excluding hydrogens is 300 g/mol. The summed E-state index contributed by atoms with van der Waals surface area (Å²) in [6.45, 7) is 2.57. The highest BCUT2D eigenvalue weighted by Gasteiger charge is 2.56. The lowest BCUT2D eigenvalue weighted by molar-refractivity contribution is -0.0411. The number of methoxy groups -OCH3 is 1. The lowest BCUT2D eigenvalue weighted by atomic mass is 9.52. The zero-order chi connectivity index (χ0) is 16.9. The fourth-order valence-electron chi connectivity index (χ4n) is 6.31. The van der Waals surface area contributed by atoms with Crippen LogP contribution < -0.4 is 4.74 Å². The van der Waals surface area contributed by atoms with E-state index in [-0.39, 0.29) is 18.1 Å². The van der Waals surface area contributed by atoms with Gasteiger partial charge in [0.2, 0.25) is 0 Å². The molecule has 0 heterocycles. The molecule has 2 N–H and O–H groups in total. The SMILES string of the molecule is COc1ccc2c(c1)C[C@@H](CCO)C1C2CC[C@]2(C)C(O)CCC12. The molecule has 2 fully saturated rings. The Bertz CT molecular complexity index is 613. The van der Waals surface area contributed by atoms with E-state index in [4.69, 9.17) is 4.74 Å². The smallest absolute Gasteiger partial charge is 0.119 e. The van der Waals surface area contributed by atoms with Crippen molar-refractivity contribution in [2.24, 2.45) is 23.2 Å². The van der Waals surface area contributed by atoms with Crippen molar-refractivity contribution in [1.82, 2.24) is 0 Å². The Kier molecular flexibility index (Phi) is 4.12. The summed E-state index contributed by atoms with van der Waals surface area (Å²) in [5.74, 6) is 3.24. The molecule has 132 valence electrons. The molecule has 0 spiro atoms. The van der Waals surface area contributed by atoms with Crippen molar-refractivity contribution in [3.05, 3.63) is 29.3 Å². The van der Waals surface area contributed by atoms with E-state index in [1.807, 2.05) is 0 Å². The van der Waals surface area contributed by atoms with Gasteiger partial charge >= 0.3 is 0 Å². The molecule has 0 aliphatic heterocycles. The van der Waals surface area contributed by atoms with Gasteiger partial charge in [-0.05, 0) is 90.9 Å². The van der Waals surface area contributed by atoms with Crippen molar-refractivity contribution in [3.63, 3.8) is 0 Å². The number of hydrogen-bond donors (Lipinski definition) is 2. The van der Waals surface area contributed by atoms with Crippen molar-refractivity contribution < 1.29 is 14.9 Å². The number of hydrogen-bond acceptors (Lipinski definition) is 3. The Hall–Kier alpha value is -1.06. The summed E-state index contributed by atoms with van der Waals surface area (Å²) < 4.78 is 5.43. The molecule has 3 aliphatic rings. The minimum absolute atomic E-state index is 0.0822. The molecule has 6 atom stereocenters. The summed E-state index contributed by atoms with van der Waals surface area (Å²) in [5, 5.41) is 20.2. The molecule has 3 heteroatoms. The van der Waals surface area contributed by atoms with E-state index < -0.39 is 0 Å². The zero-order valence-electron chi connectivity index (χ0n) is 14.9. The van der Waals surface area contributed by atoms with Gasteiger partial charge in [-0.3, -0.25) is 0 Å².